The maximum absolute atomic E-state index is 4.21. The Labute approximate surface area is 111 Å². The lowest BCUT2D eigenvalue weighted by atomic mass is 10.3. The average molecular weight is 252 g/mol. The highest BCUT2D eigenvalue weighted by Crippen LogP contribution is 2.00. The summed E-state index contributed by atoms with van der Waals surface area (Å²) in [7, 11) is 0. The van der Waals surface area contributed by atoms with Crippen molar-refractivity contribution in [3.63, 3.8) is 0 Å². The maximum Gasteiger partial charge on any atom is 0.0948 e. The Morgan fingerprint density at radius 2 is 2.06 bits per heavy atom. The zero-order valence-corrected chi connectivity index (χ0v) is 12.2. The molecule has 0 aliphatic heterocycles. The molecule has 0 amide bonds. The van der Waals surface area contributed by atoms with Crippen LogP contribution in [-0.4, -0.2) is 40.6 Å². The Hall–Kier alpha value is -0.870. The molecule has 1 aromatic heterocycles. The van der Waals surface area contributed by atoms with Gasteiger partial charge >= 0.3 is 0 Å². The summed E-state index contributed by atoms with van der Waals surface area (Å²) in [5.74, 6) is 0. The standard InChI is InChI=1S/C14H28N4/c1-4-9-18-13-16-12-14(18)11-15-8-7-10-17(5-2)6-3/h12-13,15H,4-11H2,1-3H3. The van der Waals surface area contributed by atoms with Crippen LogP contribution in [0.3, 0.4) is 0 Å². The summed E-state index contributed by atoms with van der Waals surface area (Å²) in [4.78, 5) is 6.67. The Morgan fingerprint density at radius 1 is 1.28 bits per heavy atom. The van der Waals surface area contributed by atoms with Gasteiger partial charge < -0.3 is 14.8 Å². The number of hydrogen-bond donors (Lipinski definition) is 1. The fraction of sp³-hybridized carbons (Fsp3) is 0.786. The van der Waals surface area contributed by atoms with Crippen molar-refractivity contribution in [3.05, 3.63) is 18.2 Å². The van der Waals surface area contributed by atoms with Gasteiger partial charge in [0.15, 0.2) is 0 Å². The molecule has 0 unspecified atom stereocenters. The van der Waals surface area contributed by atoms with Gasteiger partial charge in [0.25, 0.3) is 0 Å². The van der Waals surface area contributed by atoms with E-state index in [1.807, 2.05) is 12.5 Å². The lowest BCUT2D eigenvalue weighted by Gasteiger charge is -2.17. The van der Waals surface area contributed by atoms with Gasteiger partial charge in [0.1, 0.15) is 0 Å². The second-order valence-electron chi connectivity index (χ2n) is 4.64. The van der Waals surface area contributed by atoms with Crippen LogP contribution in [0.25, 0.3) is 0 Å². The van der Waals surface area contributed by atoms with Crippen LogP contribution in [0, 0.1) is 0 Å². The molecular weight excluding hydrogens is 224 g/mol. The second kappa shape index (κ2) is 9.11. The zero-order valence-electron chi connectivity index (χ0n) is 12.2. The lowest BCUT2D eigenvalue weighted by molar-refractivity contribution is 0.297. The molecule has 0 fully saturated rings. The molecule has 4 nitrogen and oxygen atoms in total. The summed E-state index contributed by atoms with van der Waals surface area (Å²) >= 11 is 0. The SMILES string of the molecule is CCCn1cncc1CNCCCN(CC)CC. The smallest absolute Gasteiger partial charge is 0.0948 e. The molecule has 4 heteroatoms. The molecule has 0 aliphatic carbocycles. The predicted octanol–water partition coefficient (Wildman–Crippen LogP) is 2.11. The molecular formula is C14H28N4. The number of aromatic nitrogens is 2. The van der Waals surface area contributed by atoms with Crippen LogP contribution in [0.15, 0.2) is 12.5 Å². The van der Waals surface area contributed by atoms with Gasteiger partial charge in [0.05, 0.1) is 12.0 Å². The van der Waals surface area contributed by atoms with E-state index in [0.717, 1.165) is 39.1 Å². The molecule has 0 radical (unpaired) electrons. The van der Waals surface area contributed by atoms with Crippen molar-refractivity contribution in [2.75, 3.05) is 26.2 Å². The van der Waals surface area contributed by atoms with Crippen molar-refractivity contribution in [2.45, 2.75) is 46.7 Å². The first kappa shape index (κ1) is 15.2. The van der Waals surface area contributed by atoms with Crippen molar-refractivity contribution in [1.82, 2.24) is 19.8 Å². The summed E-state index contributed by atoms with van der Waals surface area (Å²) in [5, 5.41) is 3.50. The third-order valence-corrected chi connectivity index (χ3v) is 3.29. The molecule has 0 aliphatic rings. The first-order valence-electron chi connectivity index (χ1n) is 7.23. The third-order valence-electron chi connectivity index (χ3n) is 3.29. The number of nitrogens with zero attached hydrogens (tertiary/aromatic N) is 3. The van der Waals surface area contributed by atoms with E-state index in [4.69, 9.17) is 0 Å². The summed E-state index contributed by atoms with van der Waals surface area (Å²) in [5.41, 5.74) is 1.29. The van der Waals surface area contributed by atoms with Gasteiger partial charge in [-0.05, 0) is 39.0 Å². The lowest BCUT2D eigenvalue weighted by Crippen LogP contribution is -2.27. The zero-order chi connectivity index (χ0) is 13.2. The molecule has 0 atom stereocenters. The van der Waals surface area contributed by atoms with Crippen molar-refractivity contribution in [3.8, 4) is 0 Å². The van der Waals surface area contributed by atoms with Crippen LogP contribution >= 0.6 is 0 Å². The van der Waals surface area contributed by atoms with Gasteiger partial charge in [-0.2, -0.15) is 0 Å². The molecule has 0 saturated carbocycles. The van der Waals surface area contributed by atoms with E-state index in [1.165, 1.54) is 18.7 Å². The highest BCUT2D eigenvalue weighted by Gasteiger charge is 2.01. The van der Waals surface area contributed by atoms with Gasteiger partial charge in [-0.3, -0.25) is 0 Å². The Kier molecular flexibility index (Phi) is 7.69. The van der Waals surface area contributed by atoms with Crippen molar-refractivity contribution < 1.29 is 0 Å². The predicted molar refractivity (Wildman–Crippen MR) is 76.6 cm³/mol. The number of nitrogens with one attached hydrogen (secondary N) is 1. The number of rotatable bonds is 10. The van der Waals surface area contributed by atoms with E-state index in [2.05, 4.69) is 40.5 Å². The fourth-order valence-corrected chi connectivity index (χ4v) is 2.12. The van der Waals surface area contributed by atoms with Gasteiger partial charge in [-0.25, -0.2) is 4.98 Å². The number of hydrogen-bond acceptors (Lipinski definition) is 3. The Morgan fingerprint density at radius 3 is 2.72 bits per heavy atom. The van der Waals surface area contributed by atoms with E-state index in [0.29, 0.717) is 0 Å². The van der Waals surface area contributed by atoms with E-state index in [-0.39, 0.29) is 0 Å². The normalized spacial score (nSPS) is 11.3. The first-order chi connectivity index (χ1) is 8.81. The minimum Gasteiger partial charge on any atom is -0.333 e. The fourth-order valence-electron chi connectivity index (χ4n) is 2.12. The highest BCUT2D eigenvalue weighted by atomic mass is 15.1. The second-order valence-corrected chi connectivity index (χ2v) is 4.64. The van der Waals surface area contributed by atoms with Crippen molar-refractivity contribution in [2.24, 2.45) is 0 Å². The average Bonchev–Trinajstić information content (AvgIpc) is 2.82. The van der Waals surface area contributed by atoms with Crippen LogP contribution in [0.1, 0.15) is 39.3 Å². The molecule has 1 heterocycles. The largest absolute Gasteiger partial charge is 0.333 e. The molecule has 18 heavy (non-hydrogen) atoms. The van der Waals surface area contributed by atoms with E-state index < -0.39 is 0 Å². The third kappa shape index (κ3) is 5.19. The summed E-state index contributed by atoms with van der Waals surface area (Å²) in [6.45, 7) is 13.2. The number of aryl methyl sites for hydroxylation is 1. The Bertz CT molecular complexity index is 304. The van der Waals surface area contributed by atoms with Crippen LogP contribution in [0.5, 0.6) is 0 Å². The summed E-state index contributed by atoms with van der Waals surface area (Å²) in [6.07, 6.45) is 6.26. The minimum atomic E-state index is 0.929. The van der Waals surface area contributed by atoms with Crippen molar-refractivity contribution in [1.29, 1.82) is 0 Å². The molecule has 1 aromatic rings. The highest BCUT2D eigenvalue weighted by molar-refractivity contribution is 4.97. The van der Waals surface area contributed by atoms with Gasteiger partial charge in [-0.15, -0.1) is 0 Å². The minimum absolute atomic E-state index is 0.929. The molecule has 0 spiro atoms. The Balaban J connectivity index is 2.15. The maximum atomic E-state index is 4.21. The van der Waals surface area contributed by atoms with Gasteiger partial charge in [-0.1, -0.05) is 20.8 Å². The summed E-state index contributed by atoms with van der Waals surface area (Å²) in [6, 6.07) is 0. The topological polar surface area (TPSA) is 33.1 Å². The molecule has 0 saturated heterocycles. The molecule has 1 rings (SSSR count). The van der Waals surface area contributed by atoms with Gasteiger partial charge in [0, 0.05) is 19.3 Å². The number of imidazole rings is 1. The van der Waals surface area contributed by atoms with Crippen LogP contribution in [-0.2, 0) is 13.1 Å². The van der Waals surface area contributed by atoms with Crippen LogP contribution < -0.4 is 5.32 Å². The van der Waals surface area contributed by atoms with Crippen molar-refractivity contribution >= 4 is 0 Å². The van der Waals surface area contributed by atoms with E-state index in [1.54, 1.807) is 0 Å². The quantitative estimate of drug-likeness (QED) is 0.648. The van der Waals surface area contributed by atoms with E-state index >= 15 is 0 Å². The molecule has 104 valence electrons. The molecule has 0 aromatic carbocycles. The van der Waals surface area contributed by atoms with Crippen LogP contribution in [0.2, 0.25) is 0 Å². The first-order valence-corrected chi connectivity index (χ1v) is 7.23. The van der Waals surface area contributed by atoms with Gasteiger partial charge in [0.2, 0.25) is 0 Å². The van der Waals surface area contributed by atoms with Crippen LogP contribution in [0.4, 0.5) is 0 Å². The molecule has 1 N–H and O–H groups in total. The summed E-state index contributed by atoms with van der Waals surface area (Å²) < 4.78 is 2.23. The molecule has 0 bridgehead atoms. The van der Waals surface area contributed by atoms with E-state index in [9.17, 15) is 0 Å². The monoisotopic (exact) mass is 252 g/mol.